The van der Waals surface area contributed by atoms with Gasteiger partial charge in [0.15, 0.2) is 0 Å². The van der Waals surface area contributed by atoms with Crippen LogP contribution in [0.2, 0.25) is 5.02 Å². The number of nitrogens with zero attached hydrogens (tertiary/aromatic N) is 1. The van der Waals surface area contributed by atoms with Crippen molar-refractivity contribution in [3.63, 3.8) is 0 Å². The summed E-state index contributed by atoms with van der Waals surface area (Å²) < 4.78 is 2.14. The Morgan fingerprint density at radius 3 is 2.23 bits per heavy atom. The van der Waals surface area contributed by atoms with Gasteiger partial charge in [0, 0.05) is 16.4 Å². The van der Waals surface area contributed by atoms with E-state index in [1.54, 1.807) is 0 Å². The Bertz CT molecular complexity index is 893. The van der Waals surface area contributed by atoms with Crippen molar-refractivity contribution in [1.82, 2.24) is 4.57 Å². The molecule has 0 unspecified atom stereocenters. The molecule has 3 rings (SSSR count). The average molecular weight is 368 g/mol. The Hall–Kier alpha value is -2.52. The van der Waals surface area contributed by atoms with Crippen LogP contribution in [0.15, 0.2) is 60.7 Å². The minimum atomic E-state index is -0.791. The standard InChI is InChI=1S/C22H22ClNO2/c1-15(2)16-5-9-19(10-6-16)24-20(12-14-22(25)26)11-13-21(24)17-3-7-18(23)8-4-17/h3-11,13,15H,12,14H2,1-2H3,(H,25,26). The second-order valence-electron chi connectivity index (χ2n) is 6.69. The van der Waals surface area contributed by atoms with Crippen LogP contribution in [-0.2, 0) is 11.2 Å². The molecule has 1 N–H and O–H groups in total. The van der Waals surface area contributed by atoms with E-state index < -0.39 is 5.97 Å². The van der Waals surface area contributed by atoms with Crippen LogP contribution in [0.4, 0.5) is 0 Å². The first-order valence-electron chi connectivity index (χ1n) is 8.74. The van der Waals surface area contributed by atoms with Crippen molar-refractivity contribution in [2.75, 3.05) is 0 Å². The number of aryl methyl sites for hydroxylation is 1. The molecule has 4 heteroatoms. The summed E-state index contributed by atoms with van der Waals surface area (Å²) in [6.45, 7) is 4.34. The summed E-state index contributed by atoms with van der Waals surface area (Å²) in [6.07, 6.45) is 0.586. The van der Waals surface area contributed by atoms with Crippen LogP contribution in [0.5, 0.6) is 0 Å². The molecule has 1 heterocycles. The van der Waals surface area contributed by atoms with Gasteiger partial charge < -0.3 is 9.67 Å². The van der Waals surface area contributed by atoms with Crippen molar-refractivity contribution >= 4 is 17.6 Å². The third-order valence-electron chi connectivity index (χ3n) is 4.51. The quantitative estimate of drug-likeness (QED) is 0.586. The van der Waals surface area contributed by atoms with Crippen LogP contribution >= 0.6 is 11.6 Å². The van der Waals surface area contributed by atoms with E-state index in [2.05, 4.69) is 42.7 Å². The van der Waals surface area contributed by atoms with E-state index in [4.69, 9.17) is 16.7 Å². The fourth-order valence-corrected chi connectivity index (χ4v) is 3.19. The maximum Gasteiger partial charge on any atom is 0.303 e. The molecule has 0 atom stereocenters. The monoisotopic (exact) mass is 367 g/mol. The van der Waals surface area contributed by atoms with Crippen LogP contribution in [-0.4, -0.2) is 15.6 Å². The highest BCUT2D eigenvalue weighted by atomic mass is 35.5. The minimum absolute atomic E-state index is 0.105. The molecule has 3 nitrogen and oxygen atoms in total. The van der Waals surface area contributed by atoms with E-state index >= 15 is 0 Å². The van der Waals surface area contributed by atoms with Gasteiger partial charge in [-0.15, -0.1) is 0 Å². The summed E-state index contributed by atoms with van der Waals surface area (Å²) in [6, 6.07) is 20.2. The van der Waals surface area contributed by atoms with Crippen LogP contribution in [0, 0.1) is 0 Å². The number of benzene rings is 2. The summed E-state index contributed by atoms with van der Waals surface area (Å²) in [5.74, 6) is -0.322. The molecular weight excluding hydrogens is 346 g/mol. The Morgan fingerprint density at radius 2 is 1.65 bits per heavy atom. The first-order chi connectivity index (χ1) is 12.5. The largest absolute Gasteiger partial charge is 0.481 e. The number of carboxylic acids is 1. The van der Waals surface area contributed by atoms with E-state index in [0.717, 1.165) is 22.6 Å². The summed E-state index contributed by atoms with van der Waals surface area (Å²) >= 11 is 6.02. The number of halogens is 1. The number of rotatable bonds is 6. The van der Waals surface area contributed by atoms with Crippen LogP contribution in [0.3, 0.4) is 0 Å². The van der Waals surface area contributed by atoms with E-state index in [9.17, 15) is 4.79 Å². The van der Waals surface area contributed by atoms with Crippen molar-refractivity contribution in [2.45, 2.75) is 32.6 Å². The molecule has 0 spiro atoms. The zero-order valence-electron chi connectivity index (χ0n) is 14.9. The Morgan fingerprint density at radius 1 is 1.00 bits per heavy atom. The molecule has 0 bridgehead atoms. The molecular formula is C22H22ClNO2. The van der Waals surface area contributed by atoms with E-state index in [1.807, 2.05) is 36.4 Å². The van der Waals surface area contributed by atoms with Gasteiger partial charge in [-0.2, -0.15) is 0 Å². The van der Waals surface area contributed by atoms with Crippen molar-refractivity contribution in [3.05, 3.63) is 76.9 Å². The molecule has 3 aromatic rings. The number of aromatic nitrogens is 1. The highest BCUT2D eigenvalue weighted by molar-refractivity contribution is 6.30. The van der Waals surface area contributed by atoms with Gasteiger partial charge in [0.05, 0.1) is 12.1 Å². The Kier molecular flexibility index (Phi) is 5.48. The molecule has 26 heavy (non-hydrogen) atoms. The molecule has 0 aliphatic heterocycles. The number of aliphatic carboxylic acids is 1. The van der Waals surface area contributed by atoms with Gasteiger partial charge in [-0.1, -0.05) is 49.7 Å². The minimum Gasteiger partial charge on any atom is -0.481 e. The van der Waals surface area contributed by atoms with Gasteiger partial charge in [-0.3, -0.25) is 4.79 Å². The van der Waals surface area contributed by atoms with E-state index in [1.165, 1.54) is 5.56 Å². The summed E-state index contributed by atoms with van der Waals surface area (Å²) in [7, 11) is 0. The smallest absolute Gasteiger partial charge is 0.303 e. The number of carbonyl (C=O) groups is 1. The SMILES string of the molecule is CC(C)c1ccc(-n2c(CCC(=O)O)ccc2-c2ccc(Cl)cc2)cc1. The summed E-state index contributed by atoms with van der Waals surface area (Å²) in [5, 5.41) is 9.76. The lowest BCUT2D eigenvalue weighted by Crippen LogP contribution is -2.05. The van der Waals surface area contributed by atoms with Crippen LogP contribution in [0.1, 0.15) is 37.4 Å². The number of hydrogen-bond acceptors (Lipinski definition) is 1. The molecule has 2 aromatic carbocycles. The fraction of sp³-hybridized carbons (Fsp3) is 0.227. The Labute approximate surface area is 158 Å². The number of carboxylic acid groups (broad SMARTS) is 1. The molecule has 0 aliphatic rings. The second-order valence-corrected chi connectivity index (χ2v) is 7.13. The lowest BCUT2D eigenvalue weighted by atomic mass is 10.0. The second kappa shape index (κ2) is 7.79. The van der Waals surface area contributed by atoms with Gasteiger partial charge in [-0.05, 0) is 59.9 Å². The summed E-state index contributed by atoms with van der Waals surface area (Å²) in [5.41, 5.74) is 5.36. The summed E-state index contributed by atoms with van der Waals surface area (Å²) in [4.78, 5) is 11.0. The zero-order valence-corrected chi connectivity index (χ0v) is 15.7. The molecule has 134 valence electrons. The topological polar surface area (TPSA) is 42.2 Å². The van der Waals surface area contributed by atoms with Crippen molar-refractivity contribution in [2.24, 2.45) is 0 Å². The Balaban J connectivity index is 2.07. The highest BCUT2D eigenvalue weighted by Gasteiger charge is 2.13. The van der Waals surface area contributed by atoms with Gasteiger partial charge >= 0.3 is 5.97 Å². The van der Waals surface area contributed by atoms with Crippen molar-refractivity contribution in [3.8, 4) is 16.9 Å². The molecule has 0 amide bonds. The fourth-order valence-electron chi connectivity index (χ4n) is 3.07. The lowest BCUT2D eigenvalue weighted by molar-refractivity contribution is -0.136. The first-order valence-corrected chi connectivity index (χ1v) is 9.12. The third kappa shape index (κ3) is 4.00. The third-order valence-corrected chi connectivity index (χ3v) is 4.77. The maximum absolute atomic E-state index is 11.0. The van der Waals surface area contributed by atoms with E-state index in [0.29, 0.717) is 17.4 Å². The molecule has 1 aromatic heterocycles. The predicted octanol–water partition coefficient (Wildman–Crippen LogP) is 5.94. The molecule has 0 aliphatic carbocycles. The average Bonchev–Trinajstić information content (AvgIpc) is 3.04. The normalized spacial score (nSPS) is 11.1. The van der Waals surface area contributed by atoms with Crippen LogP contribution < -0.4 is 0 Å². The number of hydrogen-bond donors (Lipinski definition) is 1. The predicted molar refractivity (Wildman–Crippen MR) is 106 cm³/mol. The molecule has 0 radical (unpaired) electrons. The lowest BCUT2D eigenvalue weighted by Gasteiger charge is -2.15. The zero-order chi connectivity index (χ0) is 18.7. The van der Waals surface area contributed by atoms with Gasteiger partial charge in [0.2, 0.25) is 0 Å². The highest BCUT2D eigenvalue weighted by Crippen LogP contribution is 2.29. The van der Waals surface area contributed by atoms with Gasteiger partial charge in [-0.25, -0.2) is 0 Å². The van der Waals surface area contributed by atoms with Gasteiger partial charge in [0.25, 0.3) is 0 Å². The molecule has 0 saturated heterocycles. The van der Waals surface area contributed by atoms with Gasteiger partial charge in [0.1, 0.15) is 0 Å². The van der Waals surface area contributed by atoms with E-state index in [-0.39, 0.29) is 6.42 Å². The first kappa shape index (κ1) is 18.3. The molecule has 0 fully saturated rings. The van der Waals surface area contributed by atoms with Crippen molar-refractivity contribution < 1.29 is 9.90 Å². The molecule has 0 saturated carbocycles. The van der Waals surface area contributed by atoms with Crippen molar-refractivity contribution in [1.29, 1.82) is 0 Å². The maximum atomic E-state index is 11.0. The van der Waals surface area contributed by atoms with Crippen LogP contribution in [0.25, 0.3) is 16.9 Å².